The zero-order valence-electron chi connectivity index (χ0n) is 11.6. The minimum absolute atomic E-state index is 0.0666. The number of nitrogens with one attached hydrogen (secondary N) is 2. The number of hydrogen-bond donors (Lipinski definition) is 2. The molecule has 0 aromatic carbocycles. The van der Waals surface area contributed by atoms with E-state index in [0.717, 1.165) is 23.5 Å². The number of amides is 1. The summed E-state index contributed by atoms with van der Waals surface area (Å²) in [7, 11) is 0. The molecule has 0 aliphatic rings. The maximum absolute atomic E-state index is 11.9. The molecule has 4 nitrogen and oxygen atoms in total. The first kappa shape index (κ1) is 15.1. The predicted octanol–water partition coefficient (Wildman–Crippen LogP) is 2.23. The van der Waals surface area contributed by atoms with Crippen molar-refractivity contribution in [2.75, 3.05) is 0 Å². The van der Waals surface area contributed by atoms with Crippen molar-refractivity contribution in [2.24, 2.45) is 0 Å². The molecule has 1 unspecified atom stereocenters. The van der Waals surface area contributed by atoms with Crippen LogP contribution in [0.25, 0.3) is 0 Å². The van der Waals surface area contributed by atoms with Crippen LogP contribution in [0, 0.1) is 6.92 Å². The fourth-order valence-electron chi connectivity index (χ4n) is 1.64. The molecule has 102 valence electrons. The lowest BCUT2D eigenvalue weighted by molar-refractivity contribution is -0.123. The third-order valence-electron chi connectivity index (χ3n) is 2.95. The molecule has 1 atom stereocenters. The van der Waals surface area contributed by atoms with Gasteiger partial charge in [0.05, 0.1) is 6.04 Å². The van der Waals surface area contributed by atoms with Crippen molar-refractivity contribution < 1.29 is 4.79 Å². The van der Waals surface area contributed by atoms with E-state index in [1.807, 2.05) is 19.2 Å². The van der Waals surface area contributed by atoms with Crippen LogP contribution in [0.5, 0.6) is 0 Å². The molecule has 2 N–H and O–H groups in total. The third-order valence-corrected chi connectivity index (χ3v) is 3.92. The summed E-state index contributed by atoms with van der Waals surface area (Å²) in [6, 6.07) is 0.0960. The summed E-state index contributed by atoms with van der Waals surface area (Å²) in [6.07, 6.45) is 1.95. The number of thiazole rings is 1. The standard InChI is InChI=1S/C13H23N3OS/c1-5-11(6-2)16-13(17)10(4)14-7-12-15-9(3)8-18-12/h8,10-11,14H,5-7H2,1-4H3,(H,16,17). The second-order valence-corrected chi connectivity index (χ2v) is 5.45. The third kappa shape index (κ3) is 4.74. The van der Waals surface area contributed by atoms with E-state index in [-0.39, 0.29) is 18.0 Å². The average Bonchev–Trinajstić information content (AvgIpc) is 2.78. The van der Waals surface area contributed by atoms with Crippen LogP contribution in [0.1, 0.15) is 44.3 Å². The Labute approximate surface area is 113 Å². The van der Waals surface area contributed by atoms with Crippen molar-refractivity contribution in [2.45, 2.75) is 59.2 Å². The number of nitrogens with zero attached hydrogens (tertiary/aromatic N) is 1. The van der Waals surface area contributed by atoms with Gasteiger partial charge in [0.2, 0.25) is 5.91 Å². The number of carbonyl (C=O) groups is 1. The number of rotatable bonds is 7. The van der Waals surface area contributed by atoms with Crippen molar-refractivity contribution in [1.82, 2.24) is 15.6 Å². The van der Waals surface area contributed by atoms with Crippen LogP contribution in [-0.4, -0.2) is 23.0 Å². The summed E-state index contributed by atoms with van der Waals surface area (Å²) in [6.45, 7) is 8.69. The van der Waals surface area contributed by atoms with E-state index >= 15 is 0 Å². The van der Waals surface area contributed by atoms with Crippen LogP contribution in [0.3, 0.4) is 0 Å². The quantitative estimate of drug-likeness (QED) is 0.798. The molecule has 18 heavy (non-hydrogen) atoms. The average molecular weight is 269 g/mol. The number of aromatic nitrogens is 1. The van der Waals surface area contributed by atoms with Gasteiger partial charge in [-0.15, -0.1) is 11.3 Å². The molecule has 0 saturated carbocycles. The van der Waals surface area contributed by atoms with Gasteiger partial charge in [-0.2, -0.15) is 0 Å². The minimum atomic E-state index is -0.185. The molecule has 0 spiro atoms. The van der Waals surface area contributed by atoms with Crippen molar-refractivity contribution in [3.63, 3.8) is 0 Å². The van der Waals surface area contributed by atoms with E-state index in [2.05, 4.69) is 29.5 Å². The van der Waals surface area contributed by atoms with Crippen LogP contribution in [0.2, 0.25) is 0 Å². The summed E-state index contributed by atoms with van der Waals surface area (Å²) in [5.74, 6) is 0.0666. The Morgan fingerprint density at radius 1 is 1.44 bits per heavy atom. The normalized spacial score (nSPS) is 12.7. The Balaban J connectivity index is 2.35. The first-order valence-electron chi connectivity index (χ1n) is 6.51. The Kier molecular flexibility index (Phi) is 6.29. The highest BCUT2D eigenvalue weighted by Crippen LogP contribution is 2.08. The van der Waals surface area contributed by atoms with Gasteiger partial charge >= 0.3 is 0 Å². The minimum Gasteiger partial charge on any atom is -0.352 e. The molecule has 1 heterocycles. The smallest absolute Gasteiger partial charge is 0.237 e. The van der Waals surface area contributed by atoms with E-state index < -0.39 is 0 Å². The predicted molar refractivity (Wildman–Crippen MR) is 75.7 cm³/mol. The topological polar surface area (TPSA) is 54.0 Å². The summed E-state index contributed by atoms with van der Waals surface area (Å²) >= 11 is 1.62. The van der Waals surface area contributed by atoms with Gasteiger partial charge in [-0.3, -0.25) is 10.1 Å². The summed E-state index contributed by atoms with van der Waals surface area (Å²) in [4.78, 5) is 16.3. The Morgan fingerprint density at radius 3 is 2.61 bits per heavy atom. The fourth-order valence-corrected chi connectivity index (χ4v) is 2.36. The van der Waals surface area contributed by atoms with E-state index in [4.69, 9.17) is 0 Å². The molecular weight excluding hydrogens is 246 g/mol. The molecule has 0 saturated heterocycles. The van der Waals surface area contributed by atoms with E-state index in [0.29, 0.717) is 6.54 Å². The number of aryl methyl sites for hydroxylation is 1. The highest BCUT2D eigenvalue weighted by atomic mass is 32.1. The van der Waals surface area contributed by atoms with Crippen molar-refractivity contribution in [1.29, 1.82) is 0 Å². The molecule has 1 rings (SSSR count). The van der Waals surface area contributed by atoms with Gasteiger partial charge in [-0.1, -0.05) is 13.8 Å². The second kappa shape index (κ2) is 7.48. The largest absolute Gasteiger partial charge is 0.352 e. The van der Waals surface area contributed by atoms with E-state index in [1.165, 1.54) is 0 Å². The highest BCUT2D eigenvalue weighted by Gasteiger charge is 2.15. The van der Waals surface area contributed by atoms with Crippen LogP contribution >= 0.6 is 11.3 Å². The Bertz CT molecular complexity index is 374. The van der Waals surface area contributed by atoms with Crippen LogP contribution in [0.15, 0.2) is 5.38 Å². The highest BCUT2D eigenvalue weighted by molar-refractivity contribution is 7.09. The first-order chi connectivity index (χ1) is 8.56. The molecule has 0 fully saturated rings. The Morgan fingerprint density at radius 2 is 2.11 bits per heavy atom. The molecule has 0 bridgehead atoms. The van der Waals surface area contributed by atoms with Gasteiger partial charge in [0.15, 0.2) is 0 Å². The molecule has 1 aromatic rings. The molecule has 1 aromatic heterocycles. The van der Waals surface area contributed by atoms with Crippen molar-refractivity contribution >= 4 is 17.2 Å². The van der Waals surface area contributed by atoms with Gasteiger partial charge in [0.1, 0.15) is 5.01 Å². The monoisotopic (exact) mass is 269 g/mol. The zero-order chi connectivity index (χ0) is 13.5. The molecule has 5 heteroatoms. The van der Waals surface area contributed by atoms with E-state index in [1.54, 1.807) is 11.3 Å². The van der Waals surface area contributed by atoms with Gasteiger partial charge in [0, 0.05) is 23.7 Å². The second-order valence-electron chi connectivity index (χ2n) is 4.51. The summed E-state index contributed by atoms with van der Waals surface area (Å²) in [5.41, 5.74) is 1.03. The van der Waals surface area contributed by atoms with Gasteiger partial charge in [0.25, 0.3) is 0 Å². The lowest BCUT2D eigenvalue weighted by atomic mass is 10.1. The number of hydrogen-bond acceptors (Lipinski definition) is 4. The molecule has 0 radical (unpaired) electrons. The van der Waals surface area contributed by atoms with Crippen LogP contribution < -0.4 is 10.6 Å². The fraction of sp³-hybridized carbons (Fsp3) is 0.692. The maximum Gasteiger partial charge on any atom is 0.237 e. The molecule has 0 aliphatic heterocycles. The zero-order valence-corrected chi connectivity index (χ0v) is 12.4. The lowest BCUT2D eigenvalue weighted by Crippen LogP contribution is -2.45. The summed E-state index contributed by atoms with van der Waals surface area (Å²) < 4.78 is 0. The summed E-state index contributed by atoms with van der Waals surface area (Å²) in [5, 5.41) is 9.28. The Hall–Kier alpha value is -0.940. The molecular formula is C13H23N3OS. The van der Waals surface area contributed by atoms with Crippen LogP contribution in [0.4, 0.5) is 0 Å². The first-order valence-corrected chi connectivity index (χ1v) is 7.39. The van der Waals surface area contributed by atoms with Crippen molar-refractivity contribution in [3.05, 3.63) is 16.1 Å². The lowest BCUT2D eigenvalue weighted by Gasteiger charge is -2.18. The van der Waals surface area contributed by atoms with Crippen LogP contribution in [-0.2, 0) is 11.3 Å². The van der Waals surface area contributed by atoms with Crippen molar-refractivity contribution in [3.8, 4) is 0 Å². The molecule has 0 aliphatic carbocycles. The molecule has 1 amide bonds. The van der Waals surface area contributed by atoms with Gasteiger partial charge in [-0.25, -0.2) is 4.98 Å². The number of carbonyl (C=O) groups excluding carboxylic acids is 1. The SMILES string of the molecule is CCC(CC)NC(=O)C(C)NCc1nc(C)cs1. The van der Waals surface area contributed by atoms with Gasteiger partial charge in [-0.05, 0) is 26.7 Å². The van der Waals surface area contributed by atoms with E-state index in [9.17, 15) is 4.79 Å². The van der Waals surface area contributed by atoms with Gasteiger partial charge < -0.3 is 5.32 Å². The maximum atomic E-state index is 11.9.